The highest BCUT2D eigenvalue weighted by Gasteiger charge is 2.08. The van der Waals surface area contributed by atoms with Crippen LogP contribution in [0.1, 0.15) is 20.3 Å². The zero-order valence-electron chi connectivity index (χ0n) is 13.5. The topological polar surface area (TPSA) is 59.1 Å². The lowest BCUT2D eigenvalue weighted by Crippen LogP contribution is -2.17. The third-order valence-electron chi connectivity index (χ3n) is 3.40. The van der Waals surface area contributed by atoms with Gasteiger partial charge in [-0.15, -0.1) is 0 Å². The molecule has 0 fully saturated rings. The van der Waals surface area contributed by atoms with Gasteiger partial charge in [0.2, 0.25) is 5.95 Å². The Hall–Kier alpha value is -2.14. The number of aromatic nitrogens is 2. The first-order chi connectivity index (χ1) is 10.7. The lowest BCUT2D eigenvalue weighted by molar-refractivity contribution is 0.210. The highest BCUT2D eigenvalue weighted by Crippen LogP contribution is 2.21. The fourth-order valence-corrected chi connectivity index (χ4v) is 1.96. The van der Waals surface area contributed by atoms with Crippen LogP contribution in [0.4, 0.5) is 11.8 Å². The third-order valence-corrected chi connectivity index (χ3v) is 3.40. The summed E-state index contributed by atoms with van der Waals surface area (Å²) in [5, 5.41) is 6.61. The third kappa shape index (κ3) is 4.70. The molecule has 118 valence electrons. The van der Waals surface area contributed by atoms with Crippen LogP contribution in [0.5, 0.6) is 0 Å². The van der Waals surface area contributed by atoms with Crippen molar-refractivity contribution in [3.8, 4) is 11.3 Å². The van der Waals surface area contributed by atoms with E-state index in [1.54, 1.807) is 7.11 Å². The maximum absolute atomic E-state index is 5.07. The van der Waals surface area contributed by atoms with E-state index in [0.29, 0.717) is 25.1 Å². The summed E-state index contributed by atoms with van der Waals surface area (Å²) in [6.07, 6.45) is 1.02. The van der Waals surface area contributed by atoms with Gasteiger partial charge in [0, 0.05) is 31.3 Å². The largest absolute Gasteiger partial charge is 0.383 e. The number of benzene rings is 1. The molecule has 1 aromatic carbocycles. The van der Waals surface area contributed by atoms with Crippen molar-refractivity contribution in [1.82, 2.24) is 9.97 Å². The summed E-state index contributed by atoms with van der Waals surface area (Å²) in [7, 11) is 1.69. The van der Waals surface area contributed by atoms with Gasteiger partial charge in [-0.2, -0.15) is 4.98 Å². The maximum atomic E-state index is 5.07. The first-order valence-corrected chi connectivity index (χ1v) is 7.66. The number of ether oxygens (including phenoxy) is 1. The smallest absolute Gasteiger partial charge is 0.225 e. The van der Waals surface area contributed by atoms with E-state index in [4.69, 9.17) is 4.74 Å². The number of rotatable bonds is 8. The van der Waals surface area contributed by atoms with E-state index in [2.05, 4.69) is 34.4 Å². The molecule has 2 aromatic rings. The SMILES string of the molecule is CCC(C)Nc1nc(NCCOC)cc(-c2ccccc2)n1. The Balaban J connectivity index is 2.27. The molecule has 2 rings (SSSR count). The highest BCUT2D eigenvalue weighted by atomic mass is 16.5. The minimum Gasteiger partial charge on any atom is -0.383 e. The van der Waals surface area contributed by atoms with Crippen molar-refractivity contribution in [2.75, 3.05) is 30.9 Å². The molecule has 5 heteroatoms. The molecule has 0 saturated heterocycles. The van der Waals surface area contributed by atoms with Crippen LogP contribution in [0.2, 0.25) is 0 Å². The van der Waals surface area contributed by atoms with Crippen LogP contribution in [0.25, 0.3) is 11.3 Å². The predicted octanol–water partition coefficient (Wildman–Crippen LogP) is 3.41. The van der Waals surface area contributed by atoms with Crippen molar-refractivity contribution >= 4 is 11.8 Å². The molecular formula is C17H24N4O. The molecule has 1 aromatic heterocycles. The standard InChI is InChI=1S/C17H24N4O/c1-4-13(2)19-17-20-15(14-8-6-5-7-9-14)12-16(21-17)18-10-11-22-3/h5-9,12-13H,4,10-11H2,1-3H3,(H2,18,19,20,21). The van der Waals surface area contributed by atoms with Crippen molar-refractivity contribution in [1.29, 1.82) is 0 Å². The normalized spacial score (nSPS) is 12.0. The molecule has 1 unspecified atom stereocenters. The summed E-state index contributed by atoms with van der Waals surface area (Å²) in [6.45, 7) is 5.61. The van der Waals surface area contributed by atoms with Gasteiger partial charge < -0.3 is 15.4 Å². The number of nitrogens with one attached hydrogen (secondary N) is 2. The van der Waals surface area contributed by atoms with Crippen LogP contribution in [0, 0.1) is 0 Å². The molecule has 1 atom stereocenters. The molecule has 0 saturated carbocycles. The Morgan fingerprint density at radius 2 is 1.95 bits per heavy atom. The van der Waals surface area contributed by atoms with E-state index in [0.717, 1.165) is 23.5 Å². The molecule has 0 radical (unpaired) electrons. The molecule has 0 amide bonds. The Morgan fingerprint density at radius 3 is 2.64 bits per heavy atom. The van der Waals surface area contributed by atoms with E-state index in [9.17, 15) is 0 Å². The van der Waals surface area contributed by atoms with Crippen LogP contribution in [-0.2, 0) is 4.74 Å². The van der Waals surface area contributed by atoms with Gasteiger partial charge in [-0.3, -0.25) is 0 Å². The van der Waals surface area contributed by atoms with E-state index in [1.807, 2.05) is 36.4 Å². The number of hydrogen-bond acceptors (Lipinski definition) is 5. The lowest BCUT2D eigenvalue weighted by atomic mass is 10.1. The maximum Gasteiger partial charge on any atom is 0.225 e. The van der Waals surface area contributed by atoms with Gasteiger partial charge in [-0.05, 0) is 13.3 Å². The van der Waals surface area contributed by atoms with Gasteiger partial charge in [0.15, 0.2) is 0 Å². The Bertz CT molecular complexity index is 574. The minimum absolute atomic E-state index is 0.331. The molecule has 0 aliphatic heterocycles. The summed E-state index contributed by atoms with van der Waals surface area (Å²) in [4.78, 5) is 9.16. The van der Waals surface area contributed by atoms with Gasteiger partial charge >= 0.3 is 0 Å². The quantitative estimate of drug-likeness (QED) is 0.732. The van der Waals surface area contributed by atoms with E-state index in [1.165, 1.54) is 0 Å². The molecule has 0 aliphatic rings. The molecule has 2 N–H and O–H groups in total. The highest BCUT2D eigenvalue weighted by molar-refractivity contribution is 5.64. The van der Waals surface area contributed by atoms with Crippen LogP contribution in [0.3, 0.4) is 0 Å². The first-order valence-electron chi connectivity index (χ1n) is 7.66. The summed E-state index contributed by atoms with van der Waals surface area (Å²) in [5.74, 6) is 1.45. The summed E-state index contributed by atoms with van der Waals surface area (Å²) < 4.78 is 5.07. The zero-order chi connectivity index (χ0) is 15.8. The van der Waals surface area contributed by atoms with Crippen molar-refractivity contribution in [3.63, 3.8) is 0 Å². The molecule has 0 spiro atoms. The summed E-state index contributed by atoms with van der Waals surface area (Å²) >= 11 is 0. The Kier molecular flexibility index (Phi) is 6.15. The van der Waals surface area contributed by atoms with Crippen molar-refractivity contribution in [3.05, 3.63) is 36.4 Å². The summed E-state index contributed by atoms with van der Waals surface area (Å²) in [5.41, 5.74) is 1.98. The van der Waals surface area contributed by atoms with E-state index in [-0.39, 0.29) is 0 Å². The van der Waals surface area contributed by atoms with Crippen molar-refractivity contribution < 1.29 is 4.74 Å². The fraction of sp³-hybridized carbons (Fsp3) is 0.412. The van der Waals surface area contributed by atoms with E-state index >= 15 is 0 Å². The monoisotopic (exact) mass is 300 g/mol. The van der Waals surface area contributed by atoms with Crippen LogP contribution >= 0.6 is 0 Å². The number of methoxy groups -OCH3 is 1. The van der Waals surface area contributed by atoms with Gasteiger partial charge in [-0.25, -0.2) is 4.98 Å². The second-order valence-corrected chi connectivity index (χ2v) is 5.20. The average Bonchev–Trinajstić information content (AvgIpc) is 2.55. The van der Waals surface area contributed by atoms with Crippen molar-refractivity contribution in [2.24, 2.45) is 0 Å². The van der Waals surface area contributed by atoms with Crippen LogP contribution < -0.4 is 10.6 Å². The first kappa shape index (κ1) is 16.2. The lowest BCUT2D eigenvalue weighted by Gasteiger charge is -2.14. The van der Waals surface area contributed by atoms with Gasteiger partial charge in [-0.1, -0.05) is 37.3 Å². The van der Waals surface area contributed by atoms with Gasteiger partial charge in [0.25, 0.3) is 0 Å². The van der Waals surface area contributed by atoms with E-state index < -0.39 is 0 Å². The minimum atomic E-state index is 0.331. The predicted molar refractivity (Wildman–Crippen MR) is 91.2 cm³/mol. The number of anilines is 2. The summed E-state index contributed by atoms with van der Waals surface area (Å²) in [6, 6.07) is 12.4. The Labute approximate surface area is 132 Å². The fourth-order valence-electron chi connectivity index (χ4n) is 1.96. The molecule has 22 heavy (non-hydrogen) atoms. The molecule has 0 aliphatic carbocycles. The van der Waals surface area contributed by atoms with Gasteiger partial charge in [0.1, 0.15) is 5.82 Å². The molecule has 0 bridgehead atoms. The Morgan fingerprint density at radius 1 is 1.18 bits per heavy atom. The zero-order valence-corrected chi connectivity index (χ0v) is 13.5. The number of nitrogens with zero attached hydrogens (tertiary/aromatic N) is 2. The van der Waals surface area contributed by atoms with Gasteiger partial charge in [0.05, 0.1) is 12.3 Å². The molecule has 1 heterocycles. The average molecular weight is 300 g/mol. The van der Waals surface area contributed by atoms with Crippen LogP contribution in [0.15, 0.2) is 36.4 Å². The second-order valence-electron chi connectivity index (χ2n) is 5.20. The molecule has 5 nitrogen and oxygen atoms in total. The molecular weight excluding hydrogens is 276 g/mol. The number of hydrogen-bond donors (Lipinski definition) is 2. The second kappa shape index (κ2) is 8.34. The van der Waals surface area contributed by atoms with Crippen molar-refractivity contribution in [2.45, 2.75) is 26.3 Å². The van der Waals surface area contributed by atoms with Crippen LogP contribution in [-0.4, -0.2) is 36.3 Å².